The van der Waals surface area contributed by atoms with Crippen LogP contribution in [0.2, 0.25) is 0 Å². The van der Waals surface area contributed by atoms with E-state index < -0.39 is 0 Å². The van der Waals surface area contributed by atoms with Crippen molar-refractivity contribution in [2.45, 2.75) is 6.42 Å². The van der Waals surface area contributed by atoms with Crippen molar-refractivity contribution in [3.8, 4) is 16.9 Å². The third-order valence-electron chi connectivity index (χ3n) is 6.23. The van der Waals surface area contributed by atoms with E-state index in [1.165, 1.54) is 0 Å². The molecule has 5 N–H and O–H groups in total. The lowest BCUT2D eigenvalue weighted by Crippen LogP contribution is -2.37. The zero-order chi connectivity index (χ0) is 25.6. The fraction of sp³-hybridized carbons (Fsp3) is 0.259. The van der Waals surface area contributed by atoms with Crippen molar-refractivity contribution in [2.24, 2.45) is 0 Å². The van der Waals surface area contributed by atoms with E-state index in [4.69, 9.17) is 15.2 Å². The van der Waals surface area contributed by atoms with Crippen LogP contribution in [0.3, 0.4) is 0 Å². The molecular weight excluding hydrogens is 536 g/mol. The number of benzene rings is 3. The van der Waals surface area contributed by atoms with Crippen LogP contribution in [0.25, 0.3) is 22.0 Å². The lowest BCUT2D eigenvalue weighted by Gasteiger charge is -2.26. The van der Waals surface area contributed by atoms with E-state index in [0.717, 1.165) is 71.5 Å². The fourth-order valence-electron chi connectivity index (χ4n) is 4.38. The first-order valence-corrected chi connectivity index (χ1v) is 13.0. The van der Waals surface area contributed by atoms with Crippen molar-refractivity contribution in [1.29, 1.82) is 0 Å². The maximum atomic E-state index is 12.4. The standard InChI is InChI=1S/C27H29BrN6O3/c28-19-3-1-4-21(17-19)31-27(35)30-20-7-5-18(6-8-20)22-9-10-23(25-24(22)26(29)33-32-25)37-14-2-11-34-12-15-36-16-13-34/h1,3-10,17H,2,11-16H2,(H3,29,32,33)(H2,30,31,35). The first-order chi connectivity index (χ1) is 18.1. The molecular formula is C27H29BrN6O3. The van der Waals surface area contributed by atoms with Crippen molar-refractivity contribution in [3.63, 3.8) is 0 Å². The first-order valence-electron chi connectivity index (χ1n) is 12.2. The summed E-state index contributed by atoms with van der Waals surface area (Å²) in [5.74, 6) is 1.15. The molecule has 1 saturated heterocycles. The van der Waals surface area contributed by atoms with E-state index in [-0.39, 0.29) is 6.03 Å². The normalized spacial score (nSPS) is 14.0. The Morgan fingerprint density at radius 2 is 1.86 bits per heavy atom. The average molecular weight is 565 g/mol. The molecule has 0 radical (unpaired) electrons. The lowest BCUT2D eigenvalue weighted by atomic mass is 10.0. The van der Waals surface area contributed by atoms with Crippen molar-refractivity contribution in [2.75, 3.05) is 55.8 Å². The van der Waals surface area contributed by atoms with Gasteiger partial charge in [-0.1, -0.05) is 34.1 Å². The van der Waals surface area contributed by atoms with E-state index in [0.29, 0.717) is 23.8 Å². The number of aromatic nitrogens is 2. The SMILES string of the molecule is Nc1n[nH]c2c(OCCCN3CCOCC3)ccc(-c3ccc(NC(=O)Nc4cccc(Br)c4)cc3)c12. The monoisotopic (exact) mass is 564 g/mol. The molecule has 0 spiro atoms. The van der Waals surface area contributed by atoms with Crippen LogP contribution in [0, 0.1) is 0 Å². The predicted octanol–water partition coefficient (Wildman–Crippen LogP) is 5.32. The zero-order valence-corrected chi connectivity index (χ0v) is 21.9. The van der Waals surface area contributed by atoms with Crippen LogP contribution in [0.15, 0.2) is 65.1 Å². The highest BCUT2D eigenvalue weighted by Gasteiger charge is 2.15. The molecule has 1 aromatic heterocycles. The van der Waals surface area contributed by atoms with Crippen molar-refractivity contribution in [3.05, 3.63) is 65.1 Å². The topological polar surface area (TPSA) is 118 Å². The Bertz CT molecular complexity index is 1370. The average Bonchev–Trinajstić information content (AvgIpc) is 3.30. The third kappa shape index (κ3) is 6.22. The highest BCUT2D eigenvalue weighted by molar-refractivity contribution is 9.10. The number of nitrogens with zero attached hydrogens (tertiary/aromatic N) is 2. The quantitative estimate of drug-likeness (QED) is 0.215. The number of fused-ring (bicyclic) bond motifs is 1. The van der Waals surface area contributed by atoms with Crippen molar-refractivity contribution in [1.82, 2.24) is 15.1 Å². The maximum absolute atomic E-state index is 12.4. The molecule has 9 nitrogen and oxygen atoms in total. The summed E-state index contributed by atoms with van der Waals surface area (Å²) < 4.78 is 12.4. The van der Waals surface area contributed by atoms with Crippen LogP contribution < -0.4 is 21.1 Å². The number of aromatic amines is 1. The van der Waals surface area contributed by atoms with Crippen LogP contribution in [0.4, 0.5) is 22.0 Å². The number of morpholine rings is 1. The van der Waals surface area contributed by atoms with Gasteiger partial charge in [-0.05, 0) is 60.0 Å². The summed E-state index contributed by atoms with van der Waals surface area (Å²) in [5.41, 5.74) is 10.3. The number of hydrogen-bond acceptors (Lipinski definition) is 6. The number of anilines is 3. The highest BCUT2D eigenvalue weighted by atomic mass is 79.9. The molecule has 2 heterocycles. The molecule has 0 atom stereocenters. The molecule has 2 amide bonds. The molecule has 10 heteroatoms. The van der Waals surface area contributed by atoms with Crippen LogP contribution >= 0.6 is 15.9 Å². The highest BCUT2D eigenvalue weighted by Crippen LogP contribution is 2.37. The van der Waals surface area contributed by atoms with Crippen LogP contribution in [0.1, 0.15) is 6.42 Å². The summed E-state index contributed by atoms with van der Waals surface area (Å²) in [6, 6.07) is 18.6. The van der Waals surface area contributed by atoms with Gasteiger partial charge in [-0.25, -0.2) is 4.79 Å². The molecule has 1 fully saturated rings. The molecule has 0 bridgehead atoms. The molecule has 3 aromatic carbocycles. The summed E-state index contributed by atoms with van der Waals surface area (Å²) in [4.78, 5) is 14.8. The zero-order valence-electron chi connectivity index (χ0n) is 20.3. The minimum absolute atomic E-state index is 0.317. The number of carbonyl (C=O) groups is 1. The number of urea groups is 1. The van der Waals surface area contributed by atoms with Crippen molar-refractivity contribution < 1.29 is 14.3 Å². The number of nitrogens with one attached hydrogen (secondary N) is 3. The van der Waals surface area contributed by atoms with E-state index >= 15 is 0 Å². The number of H-pyrrole nitrogens is 1. The van der Waals surface area contributed by atoms with Gasteiger partial charge in [0.15, 0.2) is 5.82 Å². The Labute approximate surface area is 223 Å². The van der Waals surface area contributed by atoms with Gasteiger partial charge in [-0.2, -0.15) is 5.10 Å². The van der Waals surface area contributed by atoms with Crippen LogP contribution in [-0.2, 0) is 4.74 Å². The summed E-state index contributed by atoms with van der Waals surface area (Å²) in [6.07, 6.45) is 0.927. The molecule has 1 aliphatic heterocycles. The van der Waals surface area contributed by atoms with Gasteiger partial charge in [-0.15, -0.1) is 0 Å². The molecule has 0 saturated carbocycles. The predicted molar refractivity (Wildman–Crippen MR) is 150 cm³/mol. The summed E-state index contributed by atoms with van der Waals surface area (Å²) in [6.45, 7) is 5.13. The number of rotatable bonds is 8. The number of ether oxygens (including phenoxy) is 2. The summed E-state index contributed by atoms with van der Waals surface area (Å²) >= 11 is 3.40. The molecule has 192 valence electrons. The minimum atomic E-state index is -0.317. The van der Waals surface area contributed by atoms with Crippen LogP contribution in [0.5, 0.6) is 5.75 Å². The molecule has 37 heavy (non-hydrogen) atoms. The van der Waals surface area contributed by atoms with Gasteiger partial charge < -0.3 is 25.8 Å². The smallest absolute Gasteiger partial charge is 0.323 e. The number of amides is 2. The van der Waals surface area contributed by atoms with Gasteiger partial charge >= 0.3 is 6.03 Å². The second-order valence-electron chi connectivity index (χ2n) is 8.79. The summed E-state index contributed by atoms with van der Waals surface area (Å²) in [5, 5.41) is 13.7. The Morgan fingerprint density at radius 3 is 2.65 bits per heavy atom. The second kappa shape index (κ2) is 11.6. The maximum Gasteiger partial charge on any atom is 0.323 e. The number of halogens is 1. The minimum Gasteiger partial charge on any atom is -0.491 e. The number of carbonyl (C=O) groups excluding carboxylic acids is 1. The van der Waals surface area contributed by atoms with Crippen molar-refractivity contribution >= 4 is 50.1 Å². The number of hydrogen-bond donors (Lipinski definition) is 4. The van der Waals surface area contributed by atoms with E-state index in [2.05, 4.69) is 41.7 Å². The fourth-order valence-corrected chi connectivity index (χ4v) is 4.78. The molecule has 1 aliphatic rings. The molecule has 4 aromatic rings. The van der Waals surface area contributed by atoms with Gasteiger partial charge in [-0.3, -0.25) is 10.00 Å². The lowest BCUT2D eigenvalue weighted by molar-refractivity contribution is 0.0358. The molecule has 0 unspecified atom stereocenters. The van der Waals surface area contributed by atoms with E-state index in [1.54, 1.807) is 0 Å². The first kappa shape index (κ1) is 25.1. The molecule has 5 rings (SSSR count). The van der Waals surface area contributed by atoms with Crippen LogP contribution in [-0.4, -0.2) is 60.6 Å². The Hall–Kier alpha value is -3.60. The van der Waals surface area contributed by atoms with Gasteiger partial charge in [0.2, 0.25) is 0 Å². The Morgan fingerprint density at radius 1 is 1.08 bits per heavy atom. The summed E-state index contributed by atoms with van der Waals surface area (Å²) in [7, 11) is 0. The van der Waals surface area contributed by atoms with Gasteiger partial charge in [0, 0.05) is 35.5 Å². The van der Waals surface area contributed by atoms with E-state index in [1.807, 2.05) is 60.7 Å². The molecule has 0 aliphatic carbocycles. The number of nitrogen functional groups attached to an aromatic ring is 1. The second-order valence-corrected chi connectivity index (χ2v) is 9.71. The third-order valence-corrected chi connectivity index (χ3v) is 6.72. The van der Waals surface area contributed by atoms with E-state index in [9.17, 15) is 4.79 Å². The van der Waals surface area contributed by atoms with Gasteiger partial charge in [0.05, 0.1) is 25.2 Å². The number of nitrogens with two attached hydrogens (primary N) is 1. The van der Waals surface area contributed by atoms with Gasteiger partial charge in [0.25, 0.3) is 0 Å². The Kier molecular flexibility index (Phi) is 7.88. The largest absolute Gasteiger partial charge is 0.491 e. The Balaban J connectivity index is 1.24. The van der Waals surface area contributed by atoms with Gasteiger partial charge in [0.1, 0.15) is 11.3 Å².